The number of aromatic nitrogens is 2. The molecule has 2 nitrogen and oxygen atoms in total. The van der Waals surface area contributed by atoms with Gasteiger partial charge in [-0.05, 0) is 57.7 Å². The standard InChI is InChI=1S/C62H46B2N2/c1-7-19-51(20-8-1)61(63(55-23-11-3-12-24-55)56-25-13-4-14-26-56)43-59-41-39-53(45-65-59)49-35-31-47(32-36-49)48-33-37-50(38-34-48)54-40-42-60(66-46-54)44-62(52-21-9-2-10-22-52)64(57-27-15-5-16-28-57)58-29-17-6-18-30-58/h1-46H/b61-43+,62-44+. The molecule has 0 amide bonds. The Morgan fingerprint density at radius 3 is 0.758 bits per heavy atom. The molecule has 8 aromatic carbocycles. The van der Waals surface area contributed by atoms with E-state index in [0.29, 0.717) is 0 Å². The lowest BCUT2D eigenvalue weighted by Crippen LogP contribution is -2.43. The Kier molecular flexibility index (Phi) is 12.6. The van der Waals surface area contributed by atoms with E-state index in [-0.39, 0.29) is 13.4 Å². The molecule has 0 saturated carbocycles. The number of hydrogen-bond acceptors (Lipinski definition) is 2. The monoisotopic (exact) mass is 840 g/mol. The summed E-state index contributed by atoms with van der Waals surface area (Å²) in [6.07, 6.45) is 8.46. The molecular weight excluding hydrogens is 794 g/mol. The number of benzene rings is 8. The fraction of sp³-hybridized carbons (Fsp3) is 0. The molecule has 0 atom stereocenters. The second-order valence-electron chi connectivity index (χ2n) is 16.5. The van der Waals surface area contributed by atoms with Gasteiger partial charge < -0.3 is 0 Å². The molecule has 0 N–H and O–H groups in total. The van der Waals surface area contributed by atoms with E-state index in [9.17, 15) is 0 Å². The van der Waals surface area contributed by atoms with Gasteiger partial charge in [0.25, 0.3) is 0 Å². The summed E-state index contributed by atoms with van der Waals surface area (Å²) in [4.78, 5) is 9.98. The molecular formula is C62H46B2N2. The SMILES string of the molecule is C(=C(\B(c1ccccc1)c1ccccc1)c1ccccc1)/c1ccc(-c2ccc(-c3ccc(-c4ccc(/C=C(/B(c5ccccc5)c5ccccc5)c5ccccc5)nc4)cc3)cc2)cn1. The predicted molar refractivity (Wildman–Crippen MR) is 283 cm³/mol. The molecule has 2 aromatic heterocycles. The van der Waals surface area contributed by atoms with Gasteiger partial charge in [0.05, 0.1) is 11.4 Å². The summed E-state index contributed by atoms with van der Waals surface area (Å²) in [7, 11) is 0. The second-order valence-corrected chi connectivity index (χ2v) is 16.5. The molecule has 10 rings (SSSR count). The van der Waals surface area contributed by atoms with Crippen molar-refractivity contribution in [2.45, 2.75) is 0 Å². The second kappa shape index (κ2) is 20.0. The van der Waals surface area contributed by atoms with Crippen molar-refractivity contribution >= 4 is 58.4 Å². The van der Waals surface area contributed by atoms with E-state index in [4.69, 9.17) is 9.97 Å². The summed E-state index contributed by atoms with van der Waals surface area (Å²) in [5.41, 5.74) is 18.3. The van der Waals surface area contributed by atoms with Crippen molar-refractivity contribution in [2.24, 2.45) is 0 Å². The molecule has 4 heteroatoms. The minimum absolute atomic E-state index is 0.0513. The Hall–Kier alpha value is -8.33. The summed E-state index contributed by atoms with van der Waals surface area (Å²) in [6.45, 7) is 0.103. The largest absolute Gasteiger partial charge is 0.256 e. The van der Waals surface area contributed by atoms with Crippen LogP contribution in [0.5, 0.6) is 0 Å². The lowest BCUT2D eigenvalue weighted by Gasteiger charge is -2.19. The van der Waals surface area contributed by atoms with Crippen molar-refractivity contribution in [2.75, 3.05) is 0 Å². The highest BCUT2D eigenvalue weighted by atomic mass is 14.7. The van der Waals surface area contributed by atoms with Crippen molar-refractivity contribution in [1.82, 2.24) is 9.97 Å². The zero-order valence-corrected chi connectivity index (χ0v) is 36.6. The summed E-state index contributed by atoms with van der Waals surface area (Å²) in [5, 5.41) is 0. The number of hydrogen-bond donors (Lipinski definition) is 0. The summed E-state index contributed by atoms with van der Waals surface area (Å²) < 4.78 is 0. The average Bonchev–Trinajstić information content (AvgIpc) is 3.40. The summed E-state index contributed by atoms with van der Waals surface area (Å²) in [6, 6.07) is 90.5. The molecule has 66 heavy (non-hydrogen) atoms. The molecule has 0 bridgehead atoms. The Morgan fingerprint density at radius 1 is 0.258 bits per heavy atom. The maximum absolute atomic E-state index is 4.99. The van der Waals surface area contributed by atoms with Crippen LogP contribution in [0.4, 0.5) is 0 Å². The van der Waals surface area contributed by atoms with Crippen LogP contribution >= 0.6 is 0 Å². The Balaban J connectivity index is 0.872. The third kappa shape index (κ3) is 9.60. The third-order valence-corrected chi connectivity index (χ3v) is 12.3. The topological polar surface area (TPSA) is 25.8 Å². The van der Waals surface area contributed by atoms with Gasteiger partial charge in [-0.3, -0.25) is 9.97 Å². The van der Waals surface area contributed by atoms with Crippen LogP contribution in [0.1, 0.15) is 22.5 Å². The van der Waals surface area contributed by atoms with Gasteiger partial charge >= 0.3 is 0 Å². The van der Waals surface area contributed by atoms with Crippen LogP contribution in [0, 0.1) is 0 Å². The van der Waals surface area contributed by atoms with Crippen molar-refractivity contribution in [3.05, 3.63) is 290 Å². The average molecular weight is 841 g/mol. The first-order valence-electron chi connectivity index (χ1n) is 22.6. The number of rotatable bonds is 13. The molecule has 0 fully saturated rings. The minimum atomic E-state index is 0.0513. The first kappa shape index (κ1) is 41.7. The zero-order valence-electron chi connectivity index (χ0n) is 36.6. The van der Waals surface area contributed by atoms with Gasteiger partial charge in [-0.25, -0.2) is 0 Å². The van der Waals surface area contributed by atoms with Gasteiger partial charge in [-0.1, -0.05) is 275 Å². The molecule has 2 heterocycles. The van der Waals surface area contributed by atoms with E-state index < -0.39 is 0 Å². The van der Waals surface area contributed by atoms with Gasteiger partial charge in [-0.2, -0.15) is 0 Å². The smallest absolute Gasteiger partial charge is 0.242 e. The predicted octanol–water partition coefficient (Wildman–Crippen LogP) is 12.3. The highest BCUT2D eigenvalue weighted by Crippen LogP contribution is 2.29. The highest BCUT2D eigenvalue weighted by molar-refractivity contribution is 7.01. The molecule has 0 radical (unpaired) electrons. The van der Waals surface area contributed by atoms with Gasteiger partial charge in [0.1, 0.15) is 0 Å². The maximum atomic E-state index is 4.99. The molecule has 0 aliphatic rings. The zero-order chi connectivity index (χ0) is 44.3. The lowest BCUT2D eigenvalue weighted by molar-refractivity contribution is 1.30. The quantitative estimate of drug-likeness (QED) is 0.108. The normalized spacial score (nSPS) is 11.5. The van der Waals surface area contributed by atoms with Crippen LogP contribution in [0.25, 0.3) is 56.5 Å². The molecule has 0 aliphatic carbocycles. The van der Waals surface area contributed by atoms with Crippen molar-refractivity contribution in [3.8, 4) is 33.4 Å². The van der Waals surface area contributed by atoms with Crippen LogP contribution in [-0.4, -0.2) is 23.4 Å². The number of pyridine rings is 2. The van der Waals surface area contributed by atoms with Crippen LogP contribution < -0.4 is 21.9 Å². The highest BCUT2D eigenvalue weighted by Gasteiger charge is 2.26. The van der Waals surface area contributed by atoms with E-state index in [0.717, 1.165) is 44.8 Å². The summed E-state index contributed by atoms with van der Waals surface area (Å²) in [5.74, 6) is 0. The molecule has 0 unspecified atom stereocenters. The Bertz CT molecular complexity index is 2860. The molecule has 0 spiro atoms. The fourth-order valence-corrected chi connectivity index (χ4v) is 8.96. The van der Waals surface area contributed by atoms with Crippen LogP contribution in [-0.2, 0) is 0 Å². The van der Waals surface area contributed by atoms with Crippen molar-refractivity contribution in [3.63, 3.8) is 0 Å². The van der Waals surface area contributed by atoms with Crippen LogP contribution in [0.2, 0.25) is 0 Å². The van der Waals surface area contributed by atoms with Gasteiger partial charge in [0.15, 0.2) is 0 Å². The van der Waals surface area contributed by atoms with Gasteiger partial charge in [0.2, 0.25) is 13.4 Å². The first-order valence-corrected chi connectivity index (χ1v) is 22.6. The lowest BCUT2D eigenvalue weighted by atomic mass is 9.35. The van der Waals surface area contributed by atoms with Crippen LogP contribution in [0.15, 0.2) is 267 Å². The molecule has 0 saturated heterocycles. The van der Waals surface area contributed by atoms with E-state index in [2.05, 4.69) is 267 Å². The van der Waals surface area contributed by atoms with Gasteiger partial charge in [0, 0.05) is 23.5 Å². The maximum Gasteiger partial charge on any atom is 0.242 e. The first-order chi connectivity index (χ1) is 32.7. The fourth-order valence-electron chi connectivity index (χ4n) is 8.96. The Morgan fingerprint density at radius 2 is 0.500 bits per heavy atom. The van der Waals surface area contributed by atoms with Crippen molar-refractivity contribution in [1.29, 1.82) is 0 Å². The summed E-state index contributed by atoms with van der Waals surface area (Å²) >= 11 is 0. The van der Waals surface area contributed by atoms with Gasteiger partial charge in [-0.15, -0.1) is 0 Å². The Labute approximate surface area is 389 Å². The van der Waals surface area contributed by atoms with E-state index in [1.807, 2.05) is 12.4 Å². The van der Waals surface area contributed by atoms with E-state index >= 15 is 0 Å². The van der Waals surface area contributed by atoms with Crippen molar-refractivity contribution < 1.29 is 0 Å². The minimum Gasteiger partial charge on any atom is -0.256 e. The number of nitrogens with zero attached hydrogens (tertiary/aromatic N) is 2. The molecule has 10 aromatic rings. The molecule has 310 valence electrons. The van der Waals surface area contributed by atoms with Crippen LogP contribution in [0.3, 0.4) is 0 Å². The van der Waals surface area contributed by atoms with E-state index in [1.54, 1.807) is 0 Å². The molecule has 0 aliphatic heterocycles. The third-order valence-electron chi connectivity index (χ3n) is 12.3. The van der Waals surface area contributed by atoms with E-state index in [1.165, 1.54) is 43.9 Å².